The zero-order valence-corrected chi connectivity index (χ0v) is 12.1. The molecule has 2 rings (SSSR count). The normalized spacial score (nSPS) is 10.4. The van der Waals surface area contributed by atoms with Gasteiger partial charge in [0.1, 0.15) is 5.75 Å². The maximum atomic E-state index is 12.3. The van der Waals surface area contributed by atoms with Crippen LogP contribution in [0.4, 0.5) is 20.2 Å². The van der Waals surface area contributed by atoms with Crippen molar-refractivity contribution < 1.29 is 18.3 Å². The number of para-hydroxylation sites is 2. The van der Waals surface area contributed by atoms with Crippen LogP contribution in [0.3, 0.4) is 0 Å². The van der Waals surface area contributed by atoms with Crippen molar-refractivity contribution in [1.82, 2.24) is 0 Å². The van der Waals surface area contributed by atoms with Gasteiger partial charge in [0.15, 0.2) is 0 Å². The first-order valence-electron chi connectivity index (χ1n) is 6.38. The van der Waals surface area contributed by atoms with Crippen LogP contribution in [0, 0.1) is 0 Å². The van der Waals surface area contributed by atoms with Gasteiger partial charge in [-0.25, -0.2) is 0 Å². The first kappa shape index (κ1) is 16.0. The van der Waals surface area contributed by atoms with Gasteiger partial charge in [0.05, 0.1) is 12.2 Å². The molecule has 0 aliphatic heterocycles. The zero-order valence-electron chi connectivity index (χ0n) is 11.4. The minimum atomic E-state index is -2.93. The Bertz CT molecular complexity index is 636. The third-order valence-corrected chi connectivity index (χ3v) is 2.92. The van der Waals surface area contributed by atoms with Crippen molar-refractivity contribution in [2.75, 3.05) is 17.2 Å². The summed E-state index contributed by atoms with van der Waals surface area (Å²) < 4.78 is 28.9. The molecule has 0 heterocycles. The number of anilines is 2. The second-order valence-electron chi connectivity index (χ2n) is 4.28. The number of carbonyl (C=O) groups excluding carboxylic acids is 1. The van der Waals surface area contributed by atoms with Gasteiger partial charge in [0.25, 0.3) is 0 Å². The summed E-state index contributed by atoms with van der Waals surface area (Å²) in [6.07, 6.45) is 0. The molecule has 0 saturated carbocycles. The lowest BCUT2D eigenvalue weighted by molar-refractivity contribution is -0.114. The van der Waals surface area contributed by atoms with Gasteiger partial charge < -0.3 is 15.4 Å². The van der Waals surface area contributed by atoms with E-state index in [4.69, 9.17) is 11.6 Å². The van der Waals surface area contributed by atoms with E-state index in [-0.39, 0.29) is 18.2 Å². The molecule has 0 fully saturated rings. The summed E-state index contributed by atoms with van der Waals surface area (Å²) in [5.74, 6) is -0.342. The van der Waals surface area contributed by atoms with Crippen LogP contribution in [-0.2, 0) is 4.79 Å². The molecule has 0 radical (unpaired) electrons. The predicted octanol–water partition coefficient (Wildman–Crippen LogP) is 3.99. The van der Waals surface area contributed by atoms with Crippen LogP contribution in [-0.4, -0.2) is 19.1 Å². The fraction of sp³-hybridized carbons (Fsp3) is 0.133. The van der Waals surface area contributed by atoms with E-state index < -0.39 is 6.61 Å². The number of hydrogen-bond acceptors (Lipinski definition) is 3. The summed E-state index contributed by atoms with van der Waals surface area (Å²) in [6.45, 7) is -3.02. The molecular weight excluding hydrogens is 314 g/mol. The third-order valence-electron chi connectivity index (χ3n) is 2.67. The second kappa shape index (κ2) is 7.61. The monoisotopic (exact) mass is 326 g/mol. The van der Waals surface area contributed by atoms with Crippen molar-refractivity contribution in [3.05, 3.63) is 53.6 Å². The van der Waals surface area contributed by atoms with Gasteiger partial charge in [-0.1, -0.05) is 23.7 Å². The average Bonchev–Trinajstić information content (AvgIpc) is 2.48. The molecule has 0 bridgehead atoms. The zero-order chi connectivity index (χ0) is 15.9. The summed E-state index contributed by atoms with van der Waals surface area (Å²) in [5, 5.41) is 5.97. The lowest BCUT2D eigenvalue weighted by Gasteiger charge is -2.12. The van der Waals surface area contributed by atoms with Crippen molar-refractivity contribution in [2.45, 2.75) is 6.61 Å². The molecule has 0 spiro atoms. The lowest BCUT2D eigenvalue weighted by atomic mass is 10.3. The summed E-state index contributed by atoms with van der Waals surface area (Å²) in [4.78, 5) is 11.8. The summed E-state index contributed by atoms with van der Waals surface area (Å²) in [7, 11) is 0. The first-order chi connectivity index (χ1) is 10.5. The number of rotatable bonds is 6. The largest absolute Gasteiger partial charge is 0.433 e. The maximum absolute atomic E-state index is 12.3. The molecule has 0 aliphatic rings. The van der Waals surface area contributed by atoms with Crippen LogP contribution in [0.2, 0.25) is 5.02 Å². The molecule has 0 aliphatic carbocycles. The van der Waals surface area contributed by atoms with Crippen LogP contribution < -0.4 is 15.4 Å². The number of hydrogen-bond donors (Lipinski definition) is 2. The summed E-state index contributed by atoms with van der Waals surface area (Å²) in [5.41, 5.74) is 0.905. The van der Waals surface area contributed by atoms with E-state index in [1.165, 1.54) is 6.07 Å². The highest BCUT2D eigenvalue weighted by molar-refractivity contribution is 6.30. The molecule has 2 aromatic carbocycles. The molecule has 0 unspecified atom stereocenters. The fourth-order valence-corrected chi connectivity index (χ4v) is 1.85. The maximum Gasteiger partial charge on any atom is 0.387 e. The van der Waals surface area contributed by atoms with E-state index in [0.29, 0.717) is 16.4 Å². The third kappa shape index (κ3) is 4.89. The molecule has 0 atom stereocenters. The van der Waals surface area contributed by atoms with Gasteiger partial charge >= 0.3 is 6.61 Å². The van der Waals surface area contributed by atoms with E-state index in [2.05, 4.69) is 15.4 Å². The quantitative estimate of drug-likeness (QED) is 0.844. The summed E-state index contributed by atoms with van der Waals surface area (Å²) in [6, 6.07) is 12.8. The Morgan fingerprint density at radius 1 is 1.14 bits per heavy atom. The average molecular weight is 327 g/mol. The topological polar surface area (TPSA) is 50.4 Å². The van der Waals surface area contributed by atoms with Crippen LogP contribution in [0.5, 0.6) is 5.75 Å². The van der Waals surface area contributed by atoms with Gasteiger partial charge in [-0.05, 0) is 36.4 Å². The highest BCUT2D eigenvalue weighted by Gasteiger charge is 2.10. The fourth-order valence-electron chi connectivity index (χ4n) is 1.73. The van der Waals surface area contributed by atoms with E-state index in [1.54, 1.807) is 42.5 Å². The highest BCUT2D eigenvalue weighted by Crippen LogP contribution is 2.25. The molecule has 22 heavy (non-hydrogen) atoms. The van der Waals surface area contributed by atoms with E-state index in [0.717, 1.165) is 0 Å². The molecule has 4 nitrogen and oxygen atoms in total. The number of halogens is 3. The molecule has 0 aromatic heterocycles. The Morgan fingerprint density at radius 2 is 1.82 bits per heavy atom. The van der Waals surface area contributed by atoms with E-state index >= 15 is 0 Å². The number of amides is 1. The van der Waals surface area contributed by atoms with Gasteiger partial charge in [-0.15, -0.1) is 0 Å². The Hall–Kier alpha value is -2.34. The number of alkyl halides is 2. The van der Waals surface area contributed by atoms with Crippen molar-refractivity contribution >= 4 is 28.9 Å². The minimum Gasteiger partial charge on any atom is -0.433 e. The van der Waals surface area contributed by atoms with Gasteiger partial charge in [0.2, 0.25) is 5.91 Å². The van der Waals surface area contributed by atoms with Crippen molar-refractivity contribution in [2.24, 2.45) is 0 Å². The Balaban J connectivity index is 1.92. The molecule has 2 aromatic rings. The molecule has 0 saturated heterocycles. The Labute approximate surface area is 131 Å². The SMILES string of the molecule is O=C(CNc1ccccc1OC(F)F)Nc1ccc(Cl)cc1. The standard InChI is InChI=1S/C15H13ClF2N2O2/c16-10-5-7-11(8-6-10)20-14(21)9-19-12-3-1-2-4-13(12)22-15(17)18/h1-8,15,19H,9H2,(H,20,21). The van der Waals surface area contributed by atoms with Crippen LogP contribution in [0.15, 0.2) is 48.5 Å². The Morgan fingerprint density at radius 3 is 2.50 bits per heavy atom. The first-order valence-corrected chi connectivity index (χ1v) is 6.75. The Kier molecular flexibility index (Phi) is 5.55. The molecular formula is C15H13ClF2N2O2. The van der Waals surface area contributed by atoms with E-state index in [1.807, 2.05) is 0 Å². The van der Waals surface area contributed by atoms with E-state index in [9.17, 15) is 13.6 Å². The van der Waals surface area contributed by atoms with Gasteiger partial charge in [0, 0.05) is 10.7 Å². The van der Waals surface area contributed by atoms with Crippen LogP contribution in [0.1, 0.15) is 0 Å². The van der Waals surface area contributed by atoms with Gasteiger partial charge in [-0.2, -0.15) is 8.78 Å². The minimum absolute atomic E-state index is 0.0169. The molecule has 7 heteroatoms. The number of carbonyl (C=O) groups is 1. The molecule has 116 valence electrons. The summed E-state index contributed by atoms with van der Waals surface area (Å²) >= 11 is 5.75. The van der Waals surface area contributed by atoms with Crippen LogP contribution in [0.25, 0.3) is 0 Å². The molecule has 1 amide bonds. The second-order valence-corrected chi connectivity index (χ2v) is 4.72. The predicted molar refractivity (Wildman–Crippen MR) is 81.6 cm³/mol. The molecule has 2 N–H and O–H groups in total. The van der Waals surface area contributed by atoms with Gasteiger partial charge in [-0.3, -0.25) is 4.79 Å². The number of benzene rings is 2. The van der Waals surface area contributed by atoms with Crippen LogP contribution >= 0.6 is 11.6 Å². The van der Waals surface area contributed by atoms with Crippen molar-refractivity contribution in [3.63, 3.8) is 0 Å². The smallest absolute Gasteiger partial charge is 0.387 e. The highest BCUT2D eigenvalue weighted by atomic mass is 35.5. The lowest BCUT2D eigenvalue weighted by Crippen LogP contribution is -2.22. The number of nitrogens with one attached hydrogen (secondary N) is 2. The van der Waals surface area contributed by atoms with Crippen molar-refractivity contribution in [1.29, 1.82) is 0 Å². The van der Waals surface area contributed by atoms with Crippen molar-refractivity contribution in [3.8, 4) is 5.75 Å². The number of ether oxygens (including phenoxy) is 1.